The van der Waals surface area contributed by atoms with Crippen LogP contribution in [-0.4, -0.2) is 32.0 Å². The van der Waals surface area contributed by atoms with Crippen molar-refractivity contribution in [3.8, 4) is 11.5 Å². The Balaban J connectivity index is 2.19. The summed E-state index contributed by atoms with van der Waals surface area (Å²) in [5.74, 6) is 0.690. The van der Waals surface area contributed by atoms with Crippen molar-refractivity contribution in [1.29, 1.82) is 0 Å². The molecule has 0 unspecified atom stereocenters. The molecule has 4 nitrogen and oxygen atoms in total. The fourth-order valence-corrected chi connectivity index (χ4v) is 1.61. The molecule has 1 aromatic carbocycles. The standard InChI is InChI=1S/C14H23NO3/c1-3-8-18-9-4-7-15-11-12-5-6-13(16)14(10-12)17-2/h5-6,10,15-16H,3-4,7-9,11H2,1-2H3. The fraction of sp³-hybridized carbons (Fsp3) is 0.571. The third-order valence-electron chi connectivity index (χ3n) is 2.56. The normalized spacial score (nSPS) is 10.6. The van der Waals surface area contributed by atoms with Crippen molar-refractivity contribution in [2.75, 3.05) is 26.9 Å². The summed E-state index contributed by atoms with van der Waals surface area (Å²) in [6, 6.07) is 5.38. The minimum Gasteiger partial charge on any atom is -0.504 e. The number of hydrogen-bond donors (Lipinski definition) is 2. The van der Waals surface area contributed by atoms with Crippen LogP contribution in [0.1, 0.15) is 25.3 Å². The lowest BCUT2D eigenvalue weighted by Gasteiger charge is -2.08. The van der Waals surface area contributed by atoms with Gasteiger partial charge < -0.3 is 19.9 Å². The molecule has 2 N–H and O–H groups in total. The van der Waals surface area contributed by atoms with Crippen LogP contribution in [0.3, 0.4) is 0 Å². The van der Waals surface area contributed by atoms with Gasteiger partial charge in [0, 0.05) is 19.8 Å². The minimum atomic E-state index is 0.175. The zero-order valence-corrected chi connectivity index (χ0v) is 11.2. The van der Waals surface area contributed by atoms with Crippen molar-refractivity contribution in [1.82, 2.24) is 5.32 Å². The smallest absolute Gasteiger partial charge is 0.160 e. The molecule has 0 radical (unpaired) electrons. The highest BCUT2D eigenvalue weighted by molar-refractivity contribution is 5.41. The number of nitrogens with one attached hydrogen (secondary N) is 1. The number of hydrogen-bond acceptors (Lipinski definition) is 4. The zero-order chi connectivity index (χ0) is 13.2. The SMILES string of the molecule is CCCOCCCNCc1ccc(O)c(OC)c1. The highest BCUT2D eigenvalue weighted by atomic mass is 16.5. The van der Waals surface area contributed by atoms with Gasteiger partial charge in [0.05, 0.1) is 7.11 Å². The Morgan fingerprint density at radius 1 is 1.28 bits per heavy atom. The first-order valence-corrected chi connectivity index (χ1v) is 6.42. The first kappa shape index (κ1) is 14.8. The summed E-state index contributed by atoms with van der Waals surface area (Å²) in [6.07, 6.45) is 2.08. The van der Waals surface area contributed by atoms with E-state index in [-0.39, 0.29) is 5.75 Å². The van der Waals surface area contributed by atoms with Gasteiger partial charge in [0.25, 0.3) is 0 Å². The second-order valence-corrected chi connectivity index (χ2v) is 4.15. The predicted octanol–water partition coefficient (Wildman–Crippen LogP) is 2.31. The van der Waals surface area contributed by atoms with Gasteiger partial charge in [0.1, 0.15) is 0 Å². The minimum absolute atomic E-state index is 0.175. The van der Waals surface area contributed by atoms with E-state index in [1.54, 1.807) is 13.2 Å². The van der Waals surface area contributed by atoms with Crippen LogP contribution in [0.25, 0.3) is 0 Å². The summed E-state index contributed by atoms with van der Waals surface area (Å²) in [7, 11) is 1.55. The van der Waals surface area contributed by atoms with Gasteiger partial charge in [0.15, 0.2) is 11.5 Å². The second-order valence-electron chi connectivity index (χ2n) is 4.15. The van der Waals surface area contributed by atoms with E-state index in [9.17, 15) is 5.11 Å². The third kappa shape index (κ3) is 5.38. The van der Waals surface area contributed by atoms with E-state index in [2.05, 4.69) is 12.2 Å². The van der Waals surface area contributed by atoms with Crippen LogP contribution in [0.5, 0.6) is 11.5 Å². The molecule has 0 spiro atoms. The molecular weight excluding hydrogens is 230 g/mol. The van der Waals surface area contributed by atoms with Crippen molar-refractivity contribution in [3.63, 3.8) is 0 Å². The van der Waals surface area contributed by atoms with Gasteiger partial charge in [-0.05, 0) is 37.1 Å². The number of aromatic hydroxyl groups is 1. The van der Waals surface area contributed by atoms with Gasteiger partial charge in [-0.2, -0.15) is 0 Å². The van der Waals surface area contributed by atoms with Crippen LogP contribution in [0.15, 0.2) is 18.2 Å². The van der Waals surface area contributed by atoms with Gasteiger partial charge in [-0.3, -0.25) is 0 Å². The molecule has 0 heterocycles. The molecule has 102 valence electrons. The van der Waals surface area contributed by atoms with Gasteiger partial charge >= 0.3 is 0 Å². The monoisotopic (exact) mass is 253 g/mol. The van der Waals surface area contributed by atoms with Crippen molar-refractivity contribution in [2.24, 2.45) is 0 Å². The van der Waals surface area contributed by atoms with Crippen LogP contribution in [0.4, 0.5) is 0 Å². The average Bonchev–Trinajstić information content (AvgIpc) is 2.39. The number of rotatable bonds is 9. The van der Waals surface area contributed by atoms with Crippen LogP contribution in [0, 0.1) is 0 Å². The molecule has 0 aliphatic heterocycles. The van der Waals surface area contributed by atoms with Gasteiger partial charge in [0.2, 0.25) is 0 Å². The summed E-state index contributed by atoms with van der Waals surface area (Å²) < 4.78 is 10.5. The molecule has 18 heavy (non-hydrogen) atoms. The molecule has 1 rings (SSSR count). The quantitative estimate of drug-likeness (QED) is 0.663. The summed E-state index contributed by atoms with van der Waals surface area (Å²) in [5, 5.41) is 12.8. The van der Waals surface area contributed by atoms with Crippen molar-refractivity contribution in [2.45, 2.75) is 26.3 Å². The molecule has 0 saturated carbocycles. The van der Waals surface area contributed by atoms with Crippen LogP contribution in [-0.2, 0) is 11.3 Å². The summed E-state index contributed by atoms with van der Waals surface area (Å²) >= 11 is 0. The molecule has 0 bridgehead atoms. The van der Waals surface area contributed by atoms with Crippen molar-refractivity contribution in [3.05, 3.63) is 23.8 Å². The van der Waals surface area contributed by atoms with E-state index < -0.39 is 0 Å². The molecule has 0 atom stereocenters. The van der Waals surface area contributed by atoms with E-state index >= 15 is 0 Å². The molecule has 0 aliphatic carbocycles. The Morgan fingerprint density at radius 3 is 2.83 bits per heavy atom. The Kier molecular flexibility index (Phi) is 7.22. The molecule has 1 aromatic rings. The van der Waals surface area contributed by atoms with E-state index in [0.717, 1.165) is 44.7 Å². The number of methoxy groups -OCH3 is 1. The zero-order valence-electron chi connectivity index (χ0n) is 11.2. The lowest BCUT2D eigenvalue weighted by Crippen LogP contribution is -2.16. The Labute approximate surface area is 109 Å². The van der Waals surface area contributed by atoms with E-state index in [4.69, 9.17) is 9.47 Å². The third-order valence-corrected chi connectivity index (χ3v) is 2.56. The number of phenols is 1. The van der Waals surface area contributed by atoms with Crippen molar-refractivity contribution < 1.29 is 14.6 Å². The molecule has 0 aromatic heterocycles. The van der Waals surface area contributed by atoms with E-state index in [0.29, 0.717) is 5.75 Å². The van der Waals surface area contributed by atoms with Gasteiger partial charge in [-0.1, -0.05) is 13.0 Å². The van der Waals surface area contributed by atoms with Gasteiger partial charge in [-0.15, -0.1) is 0 Å². The highest BCUT2D eigenvalue weighted by Gasteiger charge is 2.01. The molecule has 4 heteroatoms. The lowest BCUT2D eigenvalue weighted by atomic mass is 10.2. The maximum atomic E-state index is 9.47. The van der Waals surface area contributed by atoms with Crippen LogP contribution in [0.2, 0.25) is 0 Å². The number of phenolic OH excluding ortho intramolecular Hbond substituents is 1. The summed E-state index contributed by atoms with van der Waals surface area (Å²) in [5.41, 5.74) is 1.10. The molecule has 0 aliphatic rings. The maximum Gasteiger partial charge on any atom is 0.160 e. The number of benzene rings is 1. The molecule has 0 fully saturated rings. The van der Waals surface area contributed by atoms with Crippen LogP contribution < -0.4 is 10.1 Å². The highest BCUT2D eigenvalue weighted by Crippen LogP contribution is 2.25. The van der Waals surface area contributed by atoms with E-state index in [1.165, 1.54) is 0 Å². The molecular formula is C14H23NO3. The summed E-state index contributed by atoms with van der Waals surface area (Å²) in [4.78, 5) is 0. The largest absolute Gasteiger partial charge is 0.504 e. The molecule has 0 saturated heterocycles. The van der Waals surface area contributed by atoms with Gasteiger partial charge in [-0.25, -0.2) is 0 Å². The molecule has 0 amide bonds. The maximum absolute atomic E-state index is 9.47. The lowest BCUT2D eigenvalue weighted by molar-refractivity contribution is 0.132. The fourth-order valence-electron chi connectivity index (χ4n) is 1.61. The second kappa shape index (κ2) is 8.78. The average molecular weight is 253 g/mol. The summed E-state index contributed by atoms with van der Waals surface area (Å²) in [6.45, 7) is 5.45. The van der Waals surface area contributed by atoms with Crippen molar-refractivity contribution >= 4 is 0 Å². The number of ether oxygens (including phenoxy) is 2. The Hall–Kier alpha value is -1.26. The Bertz CT molecular complexity index is 342. The Morgan fingerprint density at radius 2 is 2.11 bits per heavy atom. The first-order valence-electron chi connectivity index (χ1n) is 6.42. The topological polar surface area (TPSA) is 50.7 Å². The first-order chi connectivity index (χ1) is 8.77. The van der Waals surface area contributed by atoms with Crippen LogP contribution >= 0.6 is 0 Å². The van der Waals surface area contributed by atoms with E-state index in [1.807, 2.05) is 12.1 Å². The predicted molar refractivity (Wildman–Crippen MR) is 72.1 cm³/mol.